The lowest BCUT2D eigenvalue weighted by Crippen LogP contribution is -1.94. The highest BCUT2D eigenvalue weighted by atomic mass is 31.2. The van der Waals surface area contributed by atoms with Gasteiger partial charge in [0, 0.05) is 14.2 Å². The maximum absolute atomic E-state index is 11.3. The van der Waals surface area contributed by atoms with Gasteiger partial charge < -0.3 is 4.52 Å². The van der Waals surface area contributed by atoms with Gasteiger partial charge in [-0.2, -0.15) is 0 Å². The van der Waals surface area contributed by atoms with Gasteiger partial charge in [-0.25, -0.2) is 4.57 Å². The van der Waals surface area contributed by atoms with E-state index in [2.05, 4.69) is 22.2 Å². The van der Waals surface area contributed by atoms with Crippen LogP contribution in [-0.4, -0.2) is 14.2 Å². The minimum atomic E-state index is -3.45. The van der Waals surface area contributed by atoms with Crippen LogP contribution in [0.25, 0.3) is 0 Å². The summed E-state index contributed by atoms with van der Waals surface area (Å²) in [6, 6.07) is 0. The first-order valence-corrected chi connectivity index (χ1v) is 4.67. The molecule has 0 atom stereocenters. The highest BCUT2D eigenvalue weighted by molar-refractivity contribution is 7.48. The van der Waals surface area contributed by atoms with E-state index < -0.39 is 7.82 Å². The van der Waals surface area contributed by atoms with Gasteiger partial charge >= 0.3 is 7.82 Å². The van der Waals surface area contributed by atoms with E-state index in [9.17, 15) is 4.57 Å². The number of hydrogen-bond acceptors (Lipinski definition) is 4. The minimum absolute atomic E-state index is 0.196. The van der Waals surface area contributed by atoms with Gasteiger partial charge in [0.05, 0.1) is 0 Å². The summed E-state index contributed by atoms with van der Waals surface area (Å²) in [5.74, 6) is 0.196. The van der Waals surface area contributed by atoms with Gasteiger partial charge in [-0.1, -0.05) is 13.2 Å². The third-order valence-electron chi connectivity index (χ3n) is 1.15. The molecule has 0 aromatic rings. The summed E-state index contributed by atoms with van der Waals surface area (Å²) in [7, 11) is -0.987. The van der Waals surface area contributed by atoms with Gasteiger partial charge in [-0.05, 0) is 12.5 Å². The summed E-state index contributed by atoms with van der Waals surface area (Å²) in [4.78, 5) is 0. The van der Waals surface area contributed by atoms with E-state index in [1.54, 1.807) is 6.92 Å². The van der Waals surface area contributed by atoms with Crippen LogP contribution in [-0.2, 0) is 18.1 Å². The molecule has 4 nitrogen and oxygen atoms in total. The Balaban J connectivity index is 4.32. The van der Waals surface area contributed by atoms with E-state index >= 15 is 0 Å². The molecule has 70 valence electrons. The zero-order valence-electron chi connectivity index (χ0n) is 7.49. The molecule has 0 amide bonds. The Kier molecular flexibility index (Phi) is 4.24. The molecular formula is C7H13O4P. The van der Waals surface area contributed by atoms with Crippen molar-refractivity contribution in [3.05, 3.63) is 24.5 Å². The van der Waals surface area contributed by atoms with E-state index in [-0.39, 0.29) is 5.76 Å². The van der Waals surface area contributed by atoms with Crippen molar-refractivity contribution < 1.29 is 18.1 Å². The van der Waals surface area contributed by atoms with E-state index in [0.29, 0.717) is 5.57 Å². The number of hydrogen-bond donors (Lipinski definition) is 0. The lowest BCUT2D eigenvalue weighted by molar-refractivity contribution is 0.186. The zero-order chi connectivity index (χ0) is 9.78. The molecule has 0 aromatic heterocycles. The Morgan fingerprint density at radius 2 is 1.67 bits per heavy atom. The van der Waals surface area contributed by atoms with Crippen molar-refractivity contribution in [2.75, 3.05) is 14.2 Å². The summed E-state index contributed by atoms with van der Waals surface area (Å²) in [6.45, 7) is 8.71. The summed E-state index contributed by atoms with van der Waals surface area (Å²) < 4.78 is 25.1. The molecule has 0 aliphatic rings. The smallest absolute Gasteiger partial charge is 0.404 e. The van der Waals surface area contributed by atoms with Crippen molar-refractivity contribution in [1.29, 1.82) is 0 Å². The molecule has 0 aromatic carbocycles. The first kappa shape index (κ1) is 11.4. The zero-order valence-corrected chi connectivity index (χ0v) is 8.39. The van der Waals surface area contributed by atoms with Gasteiger partial charge in [0.1, 0.15) is 5.76 Å². The van der Waals surface area contributed by atoms with Crippen LogP contribution in [0.5, 0.6) is 0 Å². The van der Waals surface area contributed by atoms with Crippen LogP contribution in [0, 0.1) is 0 Å². The monoisotopic (exact) mass is 192 g/mol. The molecule has 0 spiro atoms. The van der Waals surface area contributed by atoms with Gasteiger partial charge in [0.2, 0.25) is 0 Å². The van der Waals surface area contributed by atoms with Crippen LogP contribution in [0.1, 0.15) is 6.92 Å². The second-order valence-electron chi connectivity index (χ2n) is 2.11. The number of phosphoric ester groups is 1. The average molecular weight is 192 g/mol. The molecular weight excluding hydrogens is 179 g/mol. The highest BCUT2D eigenvalue weighted by Gasteiger charge is 2.24. The fourth-order valence-corrected chi connectivity index (χ4v) is 1.09. The number of phosphoric acid groups is 1. The van der Waals surface area contributed by atoms with Crippen molar-refractivity contribution >= 4 is 7.82 Å². The van der Waals surface area contributed by atoms with Crippen LogP contribution in [0.3, 0.4) is 0 Å². The Bertz CT molecular complexity index is 226. The first-order chi connectivity index (χ1) is 5.45. The molecule has 0 rings (SSSR count). The molecule has 0 radical (unpaired) electrons. The lowest BCUT2D eigenvalue weighted by atomic mass is 10.3. The van der Waals surface area contributed by atoms with Crippen molar-refractivity contribution in [2.24, 2.45) is 0 Å². The average Bonchev–Trinajstić information content (AvgIpc) is 2.04. The van der Waals surface area contributed by atoms with E-state index in [4.69, 9.17) is 4.52 Å². The number of rotatable bonds is 5. The van der Waals surface area contributed by atoms with E-state index in [1.807, 2.05) is 0 Å². The Hall–Kier alpha value is -0.570. The van der Waals surface area contributed by atoms with Crippen LogP contribution < -0.4 is 0 Å². The van der Waals surface area contributed by atoms with E-state index in [1.165, 1.54) is 14.2 Å². The second kappa shape index (κ2) is 4.45. The molecule has 0 N–H and O–H groups in total. The summed E-state index contributed by atoms with van der Waals surface area (Å²) in [5.41, 5.74) is 0.573. The lowest BCUT2D eigenvalue weighted by Gasteiger charge is -2.15. The molecule has 0 aliphatic carbocycles. The molecule has 0 heterocycles. The molecule has 0 bridgehead atoms. The maximum atomic E-state index is 11.3. The maximum Gasteiger partial charge on any atom is 0.529 e. The summed E-state index contributed by atoms with van der Waals surface area (Å²) in [6.07, 6.45) is 0. The van der Waals surface area contributed by atoms with Crippen molar-refractivity contribution in [3.63, 3.8) is 0 Å². The van der Waals surface area contributed by atoms with Gasteiger partial charge in [-0.3, -0.25) is 9.05 Å². The van der Waals surface area contributed by atoms with Crippen molar-refractivity contribution in [3.8, 4) is 0 Å². The minimum Gasteiger partial charge on any atom is -0.404 e. The van der Waals surface area contributed by atoms with Gasteiger partial charge in [-0.15, -0.1) is 0 Å². The third kappa shape index (κ3) is 3.22. The molecule has 5 heteroatoms. The topological polar surface area (TPSA) is 44.8 Å². The summed E-state index contributed by atoms with van der Waals surface area (Å²) in [5, 5.41) is 0. The quantitative estimate of drug-likeness (QED) is 0.381. The predicted octanol–water partition coefficient (Wildman–Crippen LogP) is 2.49. The fraction of sp³-hybridized carbons (Fsp3) is 0.429. The standard InChI is InChI=1S/C7H13O4P/c1-6(2)7(3)11-12(8,9-4)10-5/h1,3H2,2,4-5H3. The van der Waals surface area contributed by atoms with E-state index in [0.717, 1.165) is 0 Å². The largest absolute Gasteiger partial charge is 0.529 e. The third-order valence-corrected chi connectivity index (χ3v) is 2.48. The van der Waals surface area contributed by atoms with Gasteiger partial charge in [0.15, 0.2) is 0 Å². The second-order valence-corrected chi connectivity index (χ2v) is 3.91. The Morgan fingerprint density at radius 3 is 1.92 bits per heavy atom. The SMILES string of the molecule is C=C(C)C(=C)OP(=O)(OC)OC. The van der Waals surface area contributed by atoms with Crippen molar-refractivity contribution in [1.82, 2.24) is 0 Å². The van der Waals surface area contributed by atoms with Crippen LogP contribution in [0.15, 0.2) is 24.5 Å². The van der Waals surface area contributed by atoms with Crippen molar-refractivity contribution in [2.45, 2.75) is 6.92 Å². The van der Waals surface area contributed by atoms with Crippen LogP contribution in [0.2, 0.25) is 0 Å². The molecule has 12 heavy (non-hydrogen) atoms. The Labute approximate surface area is 72.4 Å². The molecule has 0 unspecified atom stereocenters. The number of allylic oxidation sites excluding steroid dienone is 1. The predicted molar refractivity (Wildman–Crippen MR) is 46.7 cm³/mol. The fourth-order valence-electron chi connectivity index (χ4n) is 0.362. The molecule has 0 saturated carbocycles. The molecule has 0 aliphatic heterocycles. The normalized spacial score (nSPS) is 10.9. The molecule has 0 saturated heterocycles. The summed E-state index contributed by atoms with van der Waals surface area (Å²) >= 11 is 0. The van der Waals surface area contributed by atoms with Crippen LogP contribution >= 0.6 is 7.82 Å². The highest BCUT2D eigenvalue weighted by Crippen LogP contribution is 2.50. The van der Waals surface area contributed by atoms with Gasteiger partial charge in [0.25, 0.3) is 0 Å². The van der Waals surface area contributed by atoms with Crippen LogP contribution in [0.4, 0.5) is 0 Å². The Morgan fingerprint density at radius 1 is 1.25 bits per heavy atom. The molecule has 0 fully saturated rings. The first-order valence-electron chi connectivity index (χ1n) is 3.21.